The molecule has 5 rings (SSSR count). The van der Waals surface area contributed by atoms with Crippen molar-refractivity contribution in [2.45, 2.75) is 4.90 Å². The molecule has 216 valence electrons. The maximum absolute atomic E-state index is 13.6. The van der Waals surface area contributed by atoms with Gasteiger partial charge in [0.2, 0.25) is 0 Å². The van der Waals surface area contributed by atoms with E-state index in [0.29, 0.717) is 39.4 Å². The Hall–Kier alpha value is -5.35. The minimum Gasteiger partial charge on any atom is -0.493 e. The summed E-state index contributed by atoms with van der Waals surface area (Å²) in [6.45, 7) is 0. The van der Waals surface area contributed by atoms with Crippen molar-refractivity contribution in [1.82, 2.24) is 10.2 Å². The number of hydrogen-bond acceptors (Lipinski definition) is 7. The second kappa shape index (κ2) is 13.1. The number of hydrogen-bond donors (Lipinski definition) is 2. The van der Waals surface area contributed by atoms with E-state index in [4.69, 9.17) is 9.47 Å². The zero-order valence-electron chi connectivity index (χ0n) is 23.3. The number of carbonyl (C=O) groups is 4. The van der Waals surface area contributed by atoms with Crippen LogP contribution in [-0.4, -0.2) is 48.6 Å². The molecule has 0 unspecified atom stereocenters. The third kappa shape index (κ3) is 6.44. The summed E-state index contributed by atoms with van der Waals surface area (Å²) in [5, 5.41) is 5.54. The number of benzene rings is 4. The smallest absolute Gasteiger partial charge is 0.272 e. The first kappa shape index (κ1) is 29.2. The van der Waals surface area contributed by atoms with E-state index in [0.717, 1.165) is 4.90 Å². The van der Waals surface area contributed by atoms with Crippen LogP contribution in [0.25, 0.3) is 6.08 Å². The molecular formula is C33H27N3O6S. The Morgan fingerprint density at radius 1 is 0.814 bits per heavy atom. The van der Waals surface area contributed by atoms with E-state index >= 15 is 0 Å². The highest BCUT2D eigenvalue weighted by molar-refractivity contribution is 7.99. The largest absolute Gasteiger partial charge is 0.493 e. The van der Waals surface area contributed by atoms with Crippen LogP contribution in [0.1, 0.15) is 36.6 Å². The average Bonchev–Trinajstić information content (AvgIpc) is 3.28. The lowest BCUT2D eigenvalue weighted by molar-refractivity contribution is -0.113. The van der Waals surface area contributed by atoms with Crippen LogP contribution in [0.2, 0.25) is 0 Å². The van der Waals surface area contributed by atoms with Crippen LogP contribution in [0.15, 0.2) is 108 Å². The molecule has 0 saturated heterocycles. The predicted octanol–water partition coefficient (Wildman–Crippen LogP) is 5.46. The van der Waals surface area contributed by atoms with Crippen molar-refractivity contribution < 1.29 is 28.7 Å². The van der Waals surface area contributed by atoms with Gasteiger partial charge in [0.25, 0.3) is 23.6 Å². The maximum atomic E-state index is 13.6. The third-order valence-electron chi connectivity index (χ3n) is 6.59. The van der Waals surface area contributed by atoms with Crippen molar-refractivity contribution in [1.29, 1.82) is 0 Å². The molecule has 0 spiro atoms. The van der Waals surface area contributed by atoms with Crippen LogP contribution in [0, 0.1) is 0 Å². The minimum atomic E-state index is -0.573. The van der Waals surface area contributed by atoms with Crippen molar-refractivity contribution >= 4 is 47.2 Å². The molecule has 0 fully saturated rings. The Bertz CT molecular complexity index is 1700. The summed E-state index contributed by atoms with van der Waals surface area (Å²) in [6, 6.07) is 27.5. The maximum Gasteiger partial charge on any atom is 0.272 e. The van der Waals surface area contributed by atoms with Crippen LogP contribution in [-0.2, 0) is 4.79 Å². The molecule has 4 amide bonds. The fourth-order valence-corrected chi connectivity index (χ4v) is 5.38. The Balaban J connectivity index is 1.36. The van der Waals surface area contributed by atoms with Gasteiger partial charge in [0.15, 0.2) is 11.5 Å². The first-order valence-electron chi connectivity index (χ1n) is 13.2. The molecule has 4 aromatic carbocycles. The Kier molecular flexibility index (Phi) is 8.88. The first-order chi connectivity index (χ1) is 20.9. The van der Waals surface area contributed by atoms with Gasteiger partial charge in [-0.2, -0.15) is 0 Å². The van der Waals surface area contributed by atoms with Gasteiger partial charge in [-0.15, -0.1) is 11.8 Å². The number of para-hydroxylation sites is 1. The number of rotatable bonds is 10. The lowest BCUT2D eigenvalue weighted by Gasteiger charge is -2.15. The van der Waals surface area contributed by atoms with Gasteiger partial charge in [0.05, 0.1) is 31.2 Å². The van der Waals surface area contributed by atoms with Crippen molar-refractivity contribution in [3.05, 3.63) is 125 Å². The molecule has 0 saturated carbocycles. The number of anilines is 1. The van der Waals surface area contributed by atoms with Gasteiger partial charge in [0, 0.05) is 21.7 Å². The molecule has 4 aromatic rings. The highest BCUT2D eigenvalue weighted by Crippen LogP contribution is 2.32. The third-order valence-corrected chi connectivity index (χ3v) is 7.57. The summed E-state index contributed by atoms with van der Waals surface area (Å²) >= 11 is 1.28. The summed E-state index contributed by atoms with van der Waals surface area (Å²) in [5.41, 5.74) is 2.10. The van der Waals surface area contributed by atoms with Crippen LogP contribution in [0.5, 0.6) is 11.5 Å². The Morgan fingerprint density at radius 2 is 1.49 bits per heavy atom. The lowest BCUT2D eigenvalue weighted by Crippen LogP contribution is -2.30. The number of ether oxygens (including phenoxy) is 2. The molecule has 10 heteroatoms. The summed E-state index contributed by atoms with van der Waals surface area (Å²) in [4.78, 5) is 53.9. The SMILES string of the molecule is COc1cccc(/C=C(/NC(=O)c2ccccc2)C(=O)Nc2cccc(SCN3C(=O)c4ccccc4C3=O)c2)c1OC. The van der Waals surface area contributed by atoms with E-state index in [9.17, 15) is 19.2 Å². The monoisotopic (exact) mass is 593 g/mol. The molecule has 0 aliphatic carbocycles. The van der Waals surface area contributed by atoms with E-state index in [1.807, 2.05) is 6.07 Å². The van der Waals surface area contributed by atoms with Crippen molar-refractivity contribution in [3.63, 3.8) is 0 Å². The van der Waals surface area contributed by atoms with Gasteiger partial charge in [-0.25, -0.2) is 0 Å². The molecule has 1 heterocycles. The van der Waals surface area contributed by atoms with Crippen molar-refractivity contribution in [2.75, 3.05) is 25.4 Å². The zero-order valence-corrected chi connectivity index (χ0v) is 24.1. The average molecular weight is 594 g/mol. The number of fused-ring (bicyclic) bond motifs is 1. The van der Waals surface area contributed by atoms with Crippen LogP contribution in [0.3, 0.4) is 0 Å². The number of imide groups is 1. The normalized spacial score (nSPS) is 12.5. The number of carbonyl (C=O) groups excluding carboxylic acids is 4. The van der Waals surface area contributed by atoms with E-state index in [1.165, 1.54) is 37.0 Å². The Morgan fingerprint density at radius 3 is 2.16 bits per heavy atom. The summed E-state index contributed by atoms with van der Waals surface area (Å²) in [7, 11) is 3.00. The van der Waals surface area contributed by atoms with Gasteiger partial charge < -0.3 is 20.1 Å². The van der Waals surface area contributed by atoms with Gasteiger partial charge in [-0.1, -0.05) is 48.5 Å². The summed E-state index contributed by atoms with van der Waals surface area (Å²) in [5.74, 6) is -0.740. The second-order valence-corrected chi connectivity index (χ2v) is 10.3. The number of thioether (sulfide) groups is 1. The van der Waals surface area contributed by atoms with E-state index in [2.05, 4.69) is 10.6 Å². The quantitative estimate of drug-likeness (QED) is 0.143. The standard InChI is InChI=1S/C33H27N3O6S/c1-41-28-17-8-12-22(29(28)42-2)18-27(35-30(37)21-10-4-3-5-11-21)31(38)34-23-13-9-14-24(19-23)43-20-36-32(39)25-15-6-7-16-26(25)33(36)40/h3-19H,20H2,1-2H3,(H,34,38)(H,35,37)/b27-18+. The highest BCUT2D eigenvalue weighted by atomic mass is 32.2. The molecule has 1 aliphatic heterocycles. The predicted molar refractivity (Wildman–Crippen MR) is 164 cm³/mol. The fraction of sp³-hybridized carbons (Fsp3) is 0.0909. The molecule has 0 bridgehead atoms. The number of amides is 4. The number of nitrogens with zero attached hydrogens (tertiary/aromatic N) is 1. The molecule has 0 atom stereocenters. The van der Waals surface area contributed by atoms with Gasteiger partial charge in [0.1, 0.15) is 5.70 Å². The topological polar surface area (TPSA) is 114 Å². The molecule has 0 aromatic heterocycles. The molecule has 2 N–H and O–H groups in total. The summed E-state index contributed by atoms with van der Waals surface area (Å²) in [6.07, 6.45) is 1.51. The molecule has 0 radical (unpaired) electrons. The van der Waals surface area contributed by atoms with Gasteiger partial charge in [-0.3, -0.25) is 24.1 Å². The van der Waals surface area contributed by atoms with Gasteiger partial charge >= 0.3 is 0 Å². The number of nitrogens with one attached hydrogen (secondary N) is 2. The van der Waals surface area contributed by atoms with Crippen LogP contribution >= 0.6 is 11.8 Å². The fourth-order valence-electron chi connectivity index (χ4n) is 4.48. The van der Waals surface area contributed by atoms with E-state index in [1.54, 1.807) is 91.0 Å². The first-order valence-corrected chi connectivity index (χ1v) is 14.2. The lowest BCUT2D eigenvalue weighted by atomic mass is 10.1. The van der Waals surface area contributed by atoms with Crippen LogP contribution < -0.4 is 20.1 Å². The molecular weight excluding hydrogens is 566 g/mol. The summed E-state index contributed by atoms with van der Waals surface area (Å²) < 4.78 is 10.9. The van der Waals surface area contributed by atoms with E-state index in [-0.39, 0.29) is 23.4 Å². The highest BCUT2D eigenvalue weighted by Gasteiger charge is 2.34. The Labute approximate surface area is 252 Å². The molecule has 43 heavy (non-hydrogen) atoms. The minimum absolute atomic E-state index is 0.0236. The van der Waals surface area contributed by atoms with Crippen molar-refractivity contribution in [2.24, 2.45) is 0 Å². The zero-order chi connectivity index (χ0) is 30.3. The van der Waals surface area contributed by atoms with Gasteiger partial charge in [-0.05, 0) is 54.6 Å². The van der Waals surface area contributed by atoms with Crippen LogP contribution in [0.4, 0.5) is 5.69 Å². The molecule has 1 aliphatic rings. The molecule has 9 nitrogen and oxygen atoms in total. The van der Waals surface area contributed by atoms with E-state index < -0.39 is 11.8 Å². The van der Waals surface area contributed by atoms with Crippen molar-refractivity contribution in [3.8, 4) is 11.5 Å². The number of methoxy groups -OCH3 is 2. The second-order valence-electron chi connectivity index (χ2n) is 9.30.